The Balaban J connectivity index is 1.11. The van der Waals surface area contributed by atoms with Crippen LogP contribution < -0.4 is 14.5 Å². The first kappa shape index (κ1) is 38.1. The minimum absolute atomic E-state index is 0.0269. The van der Waals surface area contributed by atoms with E-state index in [1.165, 1.54) is 10.9 Å². The van der Waals surface area contributed by atoms with Gasteiger partial charge in [-0.2, -0.15) is 0 Å². The van der Waals surface area contributed by atoms with E-state index in [-0.39, 0.29) is 5.41 Å². The molecular formula is C58H46N4O. The fourth-order valence-corrected chi connectivity index (χ4v) is 9.19. The van der Waals surface area contributed by atoms with Crippen molar-refractivity contribution in [2.45, 2.75) is 26.2 Å². The standard InChI is InChI=1S/C58H46N4O/c1-58(2,3)43-32-33-59-56(36-43)62-52-27-14-13-24-50(52)51-31-30-46(38-55(51)62)63-47-35-42(57-48(40-18-7-4-8-19-40)25-17-26-49(57)41-20-9-5-10-21-41)34-45(37-47)61-39-60(44-22-11-6-12-23-44)53-28-15-16-29-54(53)61/h4-38H,39H2,1-3H3. The Hall–Kier alpha value is -7.89. The summed E-state index contributed by atoms with van der Waals surface area (Å²) in [5.74, 6) is 2.38. The SMILES string of the molecule is CC(C)(C)c1ccnc(-n2c3ccccc3c3ccc(Oc4cc(-c5c(-c6ccccc6)cccc5-c5ccccc5)cc(N5CN(c6ccccc6)c6ccccc65)c4)cc32)c1. The summed E-state index contributed by atoms with van der Waals surface area (Å²) in [7, 11) is 0. The van der Waals surface area contributed by atoms with Gasteiger partial charge in [-0.05, 0) is 111 Å². The lowest BCUT2D eigenvalue weighted by atomic mass is 9.87. The van der Waals surface area contributed by atoms with E-state index in [9.17, 15) is 0 Å². The fraction of sp³-hybridized carbons (Fsp3) is 0.0862. The molecule has 10 aromatic rings. The summed E-state index contributed by atoms with van der Waals surface area (Å²) in [4.78, 5) is 9.72. The maximum Gasteiger partial charge on any atom is 0.137 e. The van der Waals surface area contributed by atoms with E-state index in [1.54, 1.807) is 0 Å². The van der Waals surface area contributed by atoms with Crippen LogP contribution in [0, 0.1) is 0 Å². The zero-order valence-electron chi connectivity index (χ0n) is 35.6. The van der Waals surface area contributed by atoms with Crippen molar-refractivity contribution in [2.24, 2.45) is 0 Å². The number of nitrogens with zero attached hydrogens (tertiary/aromatic N) is 4. The molecule has 1 aliphatic rings. The van der Waals surface area contributed by atoms with Crippen LogP contribution in [0.3, 0.4) is 0 Å². The first-order chi connectivity index (χ1) is 30.9. The number of pyridine rings is 1. The van der Waals surface area contributed by atoms with E-state index >= 15 is 0 Å². The molecular weight excluding hydrogens is 769 g/mol. The average Bonchev–Trinajstić information content (AvgIpc) is 3.88. The maximum absolute atomic E-state index is 7.13. The van der Waals surface area contributed by atoms with E-state index in [1.807, 2.05) is 6.20 Å². The lowest BCUT2D eigenvalue weighted by molar-refractivity contribution is 0.483. The lowest BCUT2D eigenvalue weighted by Crippen LogP contribution is -2.23. The highest BCUT2D eigenvalue weighted by Crippen LogP contribution is 2.48. The Morgan fingerprint density at radius 2 is 1.06 bits per heavy atom. The lowest BCUT2D eigenvalue weighted by Gasteiger charge is -2.24. The predicted octanol–water partition coefficient (Wildman–Crippen LogP) is 15.5. The van der Waals surface area contributed by atoms with Crippen molar-refractivity contribution in [2.75, 3.05) is 16.5 Å². The Bertz CT molecular complexity index is 3220. The maximum atomic E-state index is 7.13. The molecule has 0 saturated carbocycles. The zero-order valence-corrected chi connectivity index (χ0v) is 35.6. The van der Waals surface area contributed by atoms with Crippen molar-refractivity contribution in [1.29, 1.82) is 0 Å². The summed E-state index contributed by atoms with van der Waals surface area (Å²) >= 11 is 0. The molecule has 0 atom stereocenters. The van der Waals surface area contributed by atoms with E-state index in [4.69, 9.17) is 9.72 Å². The number of ether oxygens (including phenoxy) is 1. The van der Waals surface area contributed by atoms with Gasteiger partial charge in [0.15, 0.2) is 0 Å². The third-order valence-electron chi connectivity index (χ3n) is 12.3. The third kappa shape index (κ3) is 6.98. The molecule has 0 spiro atoms. The molecule has 5 nitrogen and oxygen atoms in total. The molecule has 0 aliphatic carbocycles. The van der Waals surface area contributed by atoms with Gasteiger partial charge < -0.3 is 14.5 Å². The van der Waals surface area contributed by atoms with Gasteiger partial charge in [-0.25, -0.2) is 4.98 Å². The van der Waals surface area contributed by atoms with Crippen molar-refractivity contribution < 1.29 is 4.74 Å². The van der Waals surface area contributed by atoms with Gasteiger partial charge in [0.2, 0.25) is 0 Å². The van der Waals surface area contributed by atoms with Crippen LogP contribution in [0.1, 0.15) is 26.3 Å². The number of fused-ring (bicyclic) bond motifs is 4. The van der Waals surface area contributed by atoms with Crippen LogP contribution in [0.4, 0.5) is 22.7 Å². The molecule has 2 aromatic heterocycles. The van der Waals surface area contributed by atoms with Crippen LogP contribution in [0.5, 0.6) is 11.5 Å². The molecule has 0 amide bonds. The number of para-hydroxylation sites is 4. The molecule has 11 rings (SSSR count). The van der Waals surface area contributed by atoms with Gasteiger partial charge in [-0.3, -0.25) is 4.57 Å². The summed E-state index contributed by atoms with van der Waals surface area (Å²) in [6, 6.07) is 73.5. The Labute approximate surface area is 368 Å². The quantitative estimate of drug-likeness (QED) is 0.153. The number of rotatable bonds is 8. The van der Waals surface area contributed by atoms with E-state index in [2.05, 4.69) is 241 Å². The molecule has 0 radical (unpaired) electrons. The zero-order chi connectivity index (χ0) is 42.5. The van der Waals surface area contributed by atoms with Gasteiger partial charge in [-0.15, -0.1) is 0 Å². The van der Waals surface area contributed by atoms with Crippen molar-refractivity contribution in [3.8, 4) is 50.7 Å². The monoisotopic (exact) mass is 814 g/mol. The minimum Gasteiger partial charge on any atom is -0.457 e. The van der Waals surface area contributed by atoms with Crippen LogP contribution in [0.25, 0.3) is 61.0 Å². The van der Waals surface area contributed by atoms with Crippen LogP contribution in [-0.4, -0.2) is 16.2 Å². The van der Waals surface area contributed by atoms with Crippen molar-refractivity contribution in [1.82, 2.24) is 9.55 Å². The highest BCUT2D eigenvalue weighted by Gasteiger charge is 2.29. The minimum atomic E-state index is -0.0269. The highest BCUT2D eigenvalue weighted by molar-refractivity contribution is 6.09. The fourth-order valence-electron chi connectivity index (χ4n) is 9.19. The summed E-state index contributed by atoms with van der Waals surface area (Å²) in [6.07, 6.45) is 1.93. The second-order valence-electron chi connectivity index (χ2n) is 17.3. The average molecular weight is 815 g/mol. The van der Waals surface area contributed by atoms with Crippen molar-refractivity contribution >= 4 is 44.6 Å². The van der Waals surface area contributed by atoms with Gasteiger partial charge in [0.25, 0.3) is 0 Å². The number of hydrogen-bond acceptors (Lipinski definition) is 4. The summed E-state index contributed by atoms with van der Waals surface area (Å²) in [5, 5.41) is 2.32. The second-order valence-corrected chi connectivity index (χ2v) is 17.3. The Morgan fingerprint density at radius 1 is 0.460 bits per heavy atom. The molecule has 304 valence electrons. The van der Waals surface area contributed by atoms with Crippen molar-refractivity contribution in [3.63, 3.8) is 0 Å². The second kappa shape index (κ2) is 15.5. The van der Waals surface area contributed by atoms with Gasteiger partial charge in [0, 0.05) is 40.5 Å². The summed E-state index contributed by atoms with van der Waals surface area (Å²) < 4.78 is 9.40. The third-order valence-corrected chi connectivity index (χ3v) is 12.3. The van der Waals surface area contributed by atoms with Gasteiger partial charge in [-0.1, -0.05) is 148 Å². The predicted molar refractivity (Wildman–Crippen MR) is 262 cm³/mol. The van der Waals surface area contributed by atoms with Crippen molar-refractivity contribution in [3.05, 3.63) is 218 Å². The molecule has 0 saturated heterocycles. The molecule has 63 heavy (non-hydrogen) atoms. The van der Waals surface area contributed by atoms with Crippen LogP contribution in [0.2, 0.25) is 0 Å². The Morgan fingerprint density at radius 3 is 1.75 bits per heavy atom. The number of aromatic nitrogens is 2. The van der Waals surface area contributed by atoms with Gasteiger partial charge in [0.1, 0.15) is 24.0 Å². The molecule has 0 N–H and O–H groups in total. The first-order valence-corrected chi connectivity index (χ1v) is 21.6. The smallest absolute Gasteiger partial charge is 0.137 e. The van der Waals surface area contributed by atoms with Crippen LogP contribution in [0.15, 0.2) is 212 Å². The number of benzene rings is 8. The van der Waals surface area contributed by atoms with Gasteiger partial charge >= 0.3 is 0 Å². The normalized spacial score (nSPS) is 12.6. The summed E-state index contributed by atoms with van der Waals surface area (Å²) in [6.45, 7) is 7.37. The molecule has 5 heteroatoms. The van der Waals surface area contributed by atoms with E-state index in [0.29, 0.717) is 6.67 Å². The molecule has 3 heterocycles. The highest BCUT2D eigenvalue weighted by atomic mass is 16.5. The van der Waals surface area contributed by atoms with E-state index < -0.39 is 0 Å². The first-order valence-electron chi connectivity index (χ1n) is 21.6. The van der Waals surface area contributed by atoms with Gasteiger partial charge in [0.05, 0.1) is 22.4 Å². The Kier molecular flexibility index (Phi) is 9.39. The van der Waals surface area contributed by atoms with Crippen LogP contribution in [-0.2, 0) is 5.41 Å². The molecule has 0 bridgehead atoms. The van der Waals surface area contributed by atoms with E-state index in [0.717, 1.165) is 89.9 Å². The molecule has 0 fully saturated rings. The molecule has 1 aliphatic heterocycles. The summed E-state index contributed by atoms with van der Waals surface area (Å²) in [5.41, 5.74) is 14.7. The topological polar surface area (TPSA) is 33.5 Å². The molecule has 8 aromatic carbocycles. The number of anilines is 4. The number of hydrogen-bond donors (Lipinski definition) is 0. The van der Waals surface area contributed by atoms with Crippen LogP contribution >= 0.6 is 0 Å². The molecule has 0 unspecified atom stereocenters. The largest absolute Gasteiger partial charge is 0.457 e.